The van der Waals surface area contributed by atoms with E-state index in [0.717, 1.165) is 22.2 Å². The molecular formula is C32H35N7O5. The van der Waals surface area contributed by atoms with Crippen LogP contribution in [0.25, 0.3) is 22.2 Å². The van der Waals surface area contributed by atoms with Gasteiger partial charge in [0.2, 0.25) is 5.95 Å². The third-order valence-electron chi connectivity index (χ3n) is 7.02. The van der Waals surface area contributed by atoms with Crippen molar-refractivity contribution in [3.05, 3.63) is 54.4 Å². The van der Waals surface area contributed by atoms with Gasteiger partial charge in [0.05, 0.1) is 55.7 Å². The number of amides is 2. The summed E-state index contributed by atoms with van der Waals surface area (Å²) in [6.07, 6.45) is 8.38. The number of urea groups is 1. The number of esters is 1. The number of carbonyl (C=O) groups is 2. The van der Waals surface area contributed by atoms with Crippen molar-refractivity contribution in [2.24, 2.45) is 7.05 Å². The maximum absolute atomic E-state index is 13.2. The molecule has 1 aliphatic rings. The highest BCUT2D eigenvalue weighted by atomic mass is 16.5. The van der Waals surface area contributed by atoms with Crippen LogP contribution >= 0.6 is 0 Å². The summed E-state index contributed by atoms with van der Waals surface area (Å²) < 4.78 is 18.8. The van der Waals surface area contributed by atoms with Crippen molar-refractivity contribution in [1.82, 2.24) is 19.9 Å². The first-order valence-corrected chi connectivity index (χ1v) is 14.2. The van der Waals surface area contributed by atoms with Gasteiger partial charge in [-0.2, -0.15) is 0 Å². The minimum atomic E-state index is -0.522. The molecule has 0 aliphatic carbocycles. The molecule has 2 aromatic heterocycles. The van der Waals surface area contributed by atoms with Crippen molar-refractivity contribution in [2.75, 3.05) is 55.5 Å². The third kappa shape index (κ3) is 6.53. The third-order valence-corrected chi connectivity index (χ3v) is 7.02. The highest BCUT2D eigenvalue weighted by molar-refractivity contribution is 6.03. The molecule has 0 saturated carbocycles. The summed E-state index contributed by atoms with van der Waals surface area (Å²) in [6, 6.07) is 11.0. The van der Waals surface area contributed by atoms with E-state index in [4.69, 9.17) is 25.6 Å². The van der Waals surface area contributed by atoms with E-state index in [2.05, 4.69) is 31.8 Å². The molecule has 228 valence electrons. The number of aryl methyl sites for hydroxylation is 1. The van der Waals surface area contributed by atoms with Gasteiger partial charge in [0.1, 0.15) is 11.3 Å². The molecule has 1 saturated heterocycles. The van der Waals surface area contributed by atoms with Crippen LogP contribution in [0.5, 0.6) is 5.75 Å². The number of aromatic nitrogens is 3. The molecule has 12 heteroatoms. The first kappa shape index (κ1) is 30.2. The topological polar surface area (TPSA) is 132 Å². The monoisotopic (exact) mass is 597 g/mol. The Bertz CT molecular complexity index is 1720. The summed E-state index contributed by atoms with van der Waals surface area (Å²) in [5.41, 5.74) is 4.18. The summed E-state index contributed by atoms with van der Waals surface area (Å²) in [5, 5.41) is 9.68. The number of methoxy groups -OCH3 is 1. The van der Waals surface area contributed by atoms with Gasteiger partial charge in [-0.15, -0.1) is 6.42 Å². The Balaban J connectivity index is 1.58. The number of fused-ring (bicyclic) bond motifs is 1. The molecule has 1 fully saturated rings. The number of carbonyl (C=O) groups excluding carboxylic acids is 2. The molecule has 0 atom stereocenters. The summed E-state index contributed by atoms with van der Waals surface area (Å²) >= 11 is 0. The quantitative estimate of drug-likeness (QED) is 0.188. The Morgan fingerprint density at radius 1 is 1.16 bits per heavy atom. The van der Waals surface area contributed by atoms with Crippen molar-refractivity contribution in [3.8, 4) is 29.4 Å². The second-order valence-electron chi connectivity index (χ2n) is 10.4. The number of ether oxygens (including phenoxy) is 3. The fourth-order valence-electron chi connectivity index (χ4n) is 5.02. The number of nitrogens with one attached hydrogen (secondary N) is 3. The Morgan fingerprint density at radius 2 is 1.93 bits per heavy atom. The van der Waals surface area contributed by atoms with Crippen molar-refractivity contribution >= 4 is 45.9 Å². The molecule has 0 unspecified atom stereocenters. The molecule has 0 spiro atoms. The number of para-hydroxylation sites is 1. The zero-order chi connectivity index (χ0) is 31.2. The van der Waals surface area contributed by atoms with Crippen molar-refractivity contribution in [1.29, 1.82) is 0 Å². The number of morpholine rings is 1. The van der Waals surface area contributed by atoms with Gasteiger partial charge < -0.3 is 39.6 Å². The molecule has 3 N–H and O–H groups in total. The lowest BCUT2D eigenvalue weighted by atomic mass is 10.1. The summed E-state index contributed by atoms with van der Waals surface area (Å²) in [7, 11) is 3.50. The second kappa shape index (κ2) is 13.4. The van der Waals surface area contributed by atoms with Gasteiger partial charge in [0.15, 0.2) is 0 Å². The van der Waals surface area contributed by atoms with Crippen LogP contribution in [0.15, 0.2) is 48.8 Å². The van der Waals surface area contributed by atoms with E-state index < -0.39 is 12.0 Å². The van der Waals surface area contributed by atoms with Gasteiger partial charge in [-0.3, -0.25) is 0 Å². The number of hydrogen-bond acceptors (Lipinski definition) is 9. The van der Waals surface area contributed by atoms with E-state index >= 15 is 0 Å². The molecular weight excluding hydrogens is 562 g/mol. The smallest absolute Gasteiger partial charge is 0.342 e. The zero-order valence-electron chi connectivity index (χ0n) is 25.1. The van der Waals surface area contributed by atoms with Crippen molar-refractivity contribution < 1.29 is 23.8 Å². The molecule has 2 amide bonds. The van der Waals surface area contributed by atoms with E-state index in [1.54, 1.807) is 27.0 Å². The van der Waals surface area contributed by atoms with Crippen LogP contribution in [-0.2, 0) is 16.5 Å². The zero-order valence-corrected chi connectivity index (χ0v) is 25.1. The van der Waals surface area contributed by atoms with Crippen molar-refractivity contribution in [3.63, 3.8) is 0 Å². The SMILES string of the molecule is C#CCNC(=O)Nc1cc(Nc2ncc(C(=O)OC(C)C)c(-c3cn(C)c4ccccc34)n2)c(OC)cc1N1CCOCC1. The van der Waals surface area contributed by atoms with Crippen molar-refractivity contribution in [2.45, 2.75) is 20.0 Å². The van der Waals surface area contributed by atoms with Gasteiger partial charge in [-0.1, -0.05) is 24.1 Å². The van der Waals surface area contributed by atoms with E-state index in [-0.39, 0.29) is 24.2 Å². The molecule has 44 heavy (non-hydrogen) atoms. The molecule has 4 aromatic rings. The normalized spacial score (nSPS) is 13.0. The van der Waals surface area contributed by atoms with E-state index in [1.807, 2.05) is 48.1 Å². The van der Waals surface area contributed by atoms with Crippen LogP contribution in [0.4, 0.5) is 27.8 Å². The van der Waals surface area contributed by atoms with E-state index in [1.165, 1.54) is 6.20 Å². The number of anilines is 4. The molecule has 1 aliphatic heterocycles. The van der Waals surface area contributed by atoms with Gasteiger partial charge in [0.25, 0.3) is 0 Å². The first-order chi connectivity index (χ1) is 21.3. The Hall–Kier alpha value is -5.28. The number of benzene rings is 2. The van der Waals surface area contributed by atoms with Crippen LogP contribution in [0.3, 0.4) is 0 Å². The van der Waals surface area contributed by atoms with E-state index in [9.17, 15) is 9.59 Å². The van der Waals surface area contributed by atoms with Gasteiger partial charge in [0, 0.05) is 55.1 Å². The minimum absolute atomic E-state index is 0.0797. The summed E-state index contributed by atoms with van der Waals surface area (Å²) in [6.45, 7) is 6.05. The number of terminal acetylenes is 1. The predicted molar refractivity (Wildman–Crippen MR) is 170 cm³/mol. The molecule has 12 nitrogen and oxygen atoms in total. The second-order valence-corrected chi connectivity index (χ2v) is 10.4. The number of hydrogen-bond donors (Lipinski definition) is 3. The fraction of sp³-hybridized carbons (Fsp3) is 0.312. The highest BCUT2D eigenvalue weighted by Crippen LogP contribution is 2.39. The van der Waals surface area contributed by atoms with Gasteiger partial charge in [-0.25, -0.2) is 19.6 Å². The lowest BCUT2D eigenvalue weighted by Gasteiger charge is -2.31. The maximum Gasteiger partial charge on any atom is 0.342 e. The van der Waals surface area contributed by atoms with Crippen LogP contribution in [0, 0.1) is 12.3 Å². The molecule has 2 aromatic carbocycles. The maximum atomic E-state index is 13.2. The summed E-state index contributed by atoms with van der Waals surface area (Å²) in [4.78, 5) is 37.2. The fourth-order valence-corrected chi connectivity index (χ4v) is 5.02. The lowest BCUT2D eigenvalue weighted by molar-refractivity contribution is 0.0378. The largest absolute Gasteiger partial charge is 0.494 e. The Morgan fingerprint density at radius 3 is 2.66 bits per heavy atom. The van der Waals surface area contributed by atoms with Crippen LogP contribution < -0.4 is 25.6 Å². The highest BCUT2D eigenvalue weighted by Gasteiger charge is 2.24. The molecule has 5 rings (SSSR count). The van der Waals surface area contributed by atoms with Gasteiger partial charge >= 0.3 is 12.0 Å². The average molecular weight is 598 g/mol. The predicted octanol–water partition coefficient (Wildman–Crippen LogP) is 4.54. The minimum Gasteiger partial charge on any atom is -0.494 e. The number of rotatable bonds is 9. The Kier molecular flexibility index (Phi) is 9.16. The first-order valence-electron chi connectivity index (χ1n) is 14.2. The van der Waals surface area contributed by atoms with E-state index in [0.29, 0.717) is 49.1 Å². The number of nitrogens with zero attached hydrogens (tertiary/aromatic N) is 4. The standard InChI is InChI=1S/C32H35N7O5/c1-6-11-33-32(41)36-24-16-25(28(42-5)17-27(24)39-12-14-43-15-13-39)35-31-34-18-22(30(40)44-20(2)3)29(37-31)23-19-38(4)26-10-8-7-9-21(23)26/h1,7-10,16-20H,11-15H2,2-5H3,(H2,33,36,41)(H,34,35,37). The van der Waals surface area contributed by atoms with Crippen LogP contribution in [-0.4, -0.2) is 72.6 Å². The molecule has 3 heterocycles. The van der Waals surface area contributed by atoms with Crippen LogP contribution in [0.2, 0.25) is 0 Å². The molecule has 0 bridgehead atoms. The van der Waals surface area contributed by atoms with Gasteiger partial charge in [-0.05, 0) is 26.0 Å². The summed E-state index contributed by atoms with van der Waals surface area (Å²) in [5.74, 6) is 2.59. The average Bonchev–Trinajstić information content (AvgIpc) is 3.36. The molecule has 0 radical (unpaired) electrons. The Labute approximate surface area is 255 Å². The lowest BCUT2D eigenvalue weighted by Crippen LogP contribution is -2.37. The van der Waals surface area contributed by atoms with Crippen LogP contribution in [0.1, 0.15) is 24.2 Å².